The van der Waals surface area contributed by atoms with E-state index >= 15 is 0 Å². The first kappa shape index (κ1) is 14.4. The summed E-state index contributed by atoms with van der Waals surface area (Å²) in [5.41, 5.74) is 2.96. The molecule has 0 aromatic heterocycles. The lowest BCUT2D eigenvalue weighted by Gasteiger charge is -2.11. The number of alkyl halides is 2. The molecule has 0 amide bonds. The van der Waals surface area contributed by atoms with Gasteiger partial charge in [0.1, 0.15) is 0 Å². The fourth-order valence-electron chi connectivity index (χ4n) is 1.78. The highest BCUT2D eigenvalue weighted by Gasteiger charge is 2.06. The van der Waals surface area contributed by atoms with Crippen LogP contribution in [0.1, 0.15) is 22.3 Å². The van der Waals surface area contributed by atoms with E-state index in [1.807, 2.05) is 42.5 Å². The number of hydrogen-bond donors (Lipinski definition) is 0. The third-order valence-electron chi connectivity index (χ3n) is 2.89. The van der Waals surface area contributed by atoms with E-state index in [0.29, 0.717) is 12.5 Å². The quantitative estimate of drug-likeness (QED) is 0.687. The van der Waals surface area contributed by atoms with Gasteiger partial charge in [-0.2, -0.15) is 0 Å². The summed E-state index contributed by atoms with van der Waals surface area (Å²) in [6, 6.07) is 18.0. The van der Waals surface area contributed by atoms with E-state index < -0.39 is 0 Å². The van der Waals surface area contributed by atoms with Crippen LogP contribution in [0.5, 0.6) is 0 Å². The van der Waals surface area contributed by atoms with Gasteiger partial charge in [-0.25, -0.2) is 0 Å². The van der Waals surface area contributed by atoms with E-state index in [0.717, 1.165) is 17.5 Å². The largest absolute Gasteiger partial charge is 0.358 e. The molecule has 2 rings (SSSR count). The van der Waals surface area contributed by atoms with Gasteiger partial charge in [-0.15, -0.1) is 11.6 Å². The molecular formula is C16H16Cl2O. The Labute approximate surface area is 124 Å². The predicted molar refractivity (Wildman–Crippen MR) is 80.7 cm³/mol. The molecule has 2 aromatic carbocycles. The predicted octanol–water partition coefficient (Wildman–Crippen LogP) is 4.92. The minimum atomic E-state index is -0.386. The Kier molecular flexibility index (Phi) is 5.71. The van der Waals surface area contributed by atoms with Gasteiger partial charge in [0.15, 0.2) is 5.56 Å². The van der Waals surface area contributed by atoms with Gasteiger partial charge >= 0.3 is 0 Å². The van der Waals surface area contributed by atoms with Crippen molar-refractivity contribution in [1.82, 2.24) is 0 Å². The Morgan fingerprint density at radius 1 is 0.895 bits per heavy atom. The fraction of sp³-hybridized carbons (Fsp3) is 0.250. The molecule has 0 heterocycles. The van der Waals surface area contributed by atoms with Crippen molar-refractivity contribution in [2.75, 3.05) is 6.61 Å². The monoisotopic (exact) mass is 294 g/mol. The first-order valence-electron chi connectivity index (χ1n) is 6.24. The first-order chi connectivity index (χ1) is 9.29. The molecule has 0 saturated heterocycles. The van der Waals surface area contributed by atoms with E-state index in [1.54, 1.807) is 0 Å². The van der Waals surface area contributed by atoms with Crippen molar-refractivity contribution < 1.29 is 4.74 Å². The van der Waals surface area contributed by atoms with Gasteiger partial charge in [0.05, 0.1) is 6.61 Å². The average molecular weight is 295 g/mol. The molecule has 0 spiro atoms. The SMILES string of the molecule is ClCc1ccc(CCOC(Cl)c2ccccc2)cc1. The van der Waals surface area contributed by atoms with Gasteiger partial charge in [-0.1, -0.05) is 66.2 Å². The number of halogens is 2. The fourth-order valence-corrected chi connectivity index (χ4v) is 2.19. The highest BCUT2D eigenvalue weighted by atomic mass is 35.5. The molecular weight excluding hydrogens is 279 g/mol. The summed E-state index contributed by atoms with van der Waals surface area (Å²) in [5.74, 6) is 0.550. The lowest BCUT2D eigenvalue weighted by atomic mass is 10.1. The van der Waals surface area contributed by atoms with Crippen molar-refractivity contribution in [2.24, 2.45) is 0 Å². The van der Waals surface area contributed by atoms with Crippen molar-refractivity contribution in [3.63, 3.8) is 0 Å². The smallest absolute Gasteiger partial charge is 0.156 e. The van der Waals surface area contributed by atoms with E-state index in [2.05, 4.69) is 12.1 Å². The normalized spacial score (nSPS) is 12.3. The van der Waals surface area contributed by atoms with Gasteiger partial charge in [-0.05, 0) is 23.1 Å². The summed E-state index contributed by atoms with van der Waals surface area (Å²) in [6.45, 7) is 0.600. The molecule has 0 fully saturated rings. The highest BCUT2D eigenvalue weighted by molar-refractivity contribution is 6.19. The van der Waals surface area contributed by atoms with Gasteiger partial charge in [0.25, 0.3) is 0 Å². The van der Waals surface area contributed by atoms with Crippen molar-refractivity contribution in [1.29, 1.82) is 0 Å². The van der Waals surface area contributed by atoms with Crippen molar-refractivity contribution >= 4 is 23.2 Å². The Hall–Kier alpha value is -1.02. The van der Waals surface area contributed by atoms with Crippen LogP contribution >= 0.6 is 23.2 Å². The van der Waals surface area contributed by atoms with Crippen LogP contribution in [0.2, 0.25) is 0 Å². The Morgan fingerprint density at radius 3 is 2.16 bits per heavy atom. The molecule has 1 nitrogen and oxygen atoms in total. The molecule has 0 bridgehead atoms. The molecule has 1 atom stereocenters. The number of hydrogen-bond acceptors (Lipinski definition) is 1. The second-order valence-electron chi connectivity index (χ2n) is 4.30. The van der Waals surface area contributed by atoms with Crippen LogP contribution in [0.25, 0.3) is 0 Å². The summed E-state index contributed by atoms with van der Waals surface area (Å²) in [4.78, 5) is 0. The topological polar surface area (TPSA) is 9.23 Å². The highest BCUT2D eigenvalue weighted by Crippen LogP contribution is 2.21. The summed E-state index contributed by atoms with van der Waals surface area (Å²) in [5, 5.41) is 0. The lowest BCUT2D eigenvalue weighted by Crippen LogP contribution is -2.02. The summed E-state index contributed by atoms with van der Waals surface area (Å²) in [7, 11) is 0. The van der Waals surface area contributed by atoms with Gasteiger partial charge < -0.3 is 4.74 Å². The molecule has 100 valence electrons. The second-order valence-corrected chi connectivity index (χ2v) is 4.96. The summed E-state index contributed by atoms with van der Waals surface area (Å²) in [6.07, 6.45) is 0.846. The van der Waals surface area contributed by atoms with E-state index in [-0.39, 0.29) is 5.56 Å². The zero-order valence-corrected chi connectivity index (χ0v) is 12.1. The Balaban J connectivity index is 1.79. The standard InChI is InChI=1S/C16H16Cl2O/c17-12-14-8-6-13(7-9-14)10-11-19-16(18)15-4-2-1-3-5-15/h1-9,16H,10-12H2. The van der Waals surface area contributed by atoms with Crippen LogP contribution in [0.3, 0.4) is 0 Å². The second kappa shape index (κ2) is 7.54. The number of benzene rings is 2. The van der Waals surface area contributed by atoms with Crippen LogP contribution in [-0.2, 0) is 17.0 Å². The Bertz CT molecular complexity index is 482. The van der Waals surface area contributed by atoms with Crippen LogP contribution < -0.4 is 0 Å². The van der Waals surface area contributed by atoms with Gasteiger partial charge in [0, 0.05) is 5.88 Å². The molecule has 0 saturated carbocycles. The third-order valence-corrected chi connectivity index (χ3v) is 3.58. The van der Waals surface area contributed by atoms with Crippen molar-refractivity contribution in [3.05, 3.63) is 71.3 Å². The zero-order chi connectivity index (χ0) is 13.5. The van der Waals surface area contributed by atoms with Crippen LogP contribution in [0.4, 0.5) is 0 Å². The molecule has 2 aromatic rings. The maximum atomic E-state index is 6.18. The maximum Gasteiger partial charge on any atom is 0.156 e. The molecule has 3 heteroatoms. The molecule has 0 N–H and O–H groups in total. The van der Waals surface area contributed by atoms with E-state index in [9.17, 15) is 0 Å². The molecule has 0 radical (unpaired) electrons. The van der Waals surface area contributed by atoms with Crippen LogP contribution in [0, 0.1) is 0 Å². The number of rotatable bonds is 6. The Morgan fingerprint density at radius 2 is 1.53 bits per heavy atom. The maximum absolute atomic E-state index is 6.18. The third kappa shape index (κ3) is 4.54. The van der Waals surface area contributed by atoms with Crippen molar-refractivity contribution in [3.8, 4) is 0 Å². The minimum Gasteiger partial charge on any atom is -0.358 e. The first-order valence-corrected chi connectivity index (χ1v) is 7.21. The van der Waals surface area contributed by atoms with E-state index in [4.69, 9.17) is 27.9 Å². The van der Waals surface area contributed by atoms with E-state index in [1.165, 1.54) is 5.56 Å². The lowest BCUT2D eigenvalue weighted by molar-refractivity contribution is 0.111. The van der Waals surface area contributed by atoms with Gasteiger partial charge in [0.2, 0.25) is 0 Å². The van der Waals surface area contributed by atoms with Crippen molar-refractivity contribution in [2.45, 2.75) is 17.9 Å². The molecule has 0 aliphatic heterocycles. The molecule has 0 aliphatic carbocycles. The molecule has 19 heavy (non-hydrogen) atoms. The van der Waals surface area contributed by atoms with Gasteiger partial charge in [-0.3, -0.25) is 0 Å². The van der Waals surface area contributed by atoms with Crippen LogP contribution in [-0.4, -0.2) is 6.61 Å². The zero-order valence-electron chi connectivity index (χ0n) is 10.6. The molecule has 0 aliphatic rings. The average Bonchev–Trinajstić information content (AvgIpc) is 2.49. The summed E-state index contributed by atoms with van der Waals surface area (Å²) < 4.78 is 5.63. The molecule has 1 unspecified atom stereocenters. The van der Waals surface area contributed by atoms with Crippen LogP contribution in [0.15, 0.2) is 54.6 Å². The summed E-state index contributed by atoms with van der Waals surface area (Å²) >= 11 is 11.9. The minimum absolute atomic E-state index is 0.386. The number of ether oxygens (including phenoxy) is 1.